The van der Waals surface area contributed by atoms with Gasteiger partial charge in [-0.15, -0.1) is 0 Å². The van der Waals surface area contributed by atoms with Crippen LogP contribution in [-0.2, 0) is 51.4 Å². The molecule has 0 aromatic heterocycles. The molecule has 0 aliphatic carbocycles. The highest BCUT2D eigenvalue weighted by Crippen LogP contribution is 2.39. The summed E-state index contributed by atoms with van der Waals surface area (Å²) in [7, 11) is -2.97. The highest BCUT2D eigenvalue weighted by atomic mass is 31.2. The van der Waals surface area contributed by atoms with Crippen molar-refractivity contribution in [2.75, 3.05) is 59.7 Å². The molecule has 0 spiro atoms. The molecule has 2 heterocycles. The fourth-order valence-corrected chi connectivity index (χ4v) is 8.91. The van der Waals surface area contributed by atoms with Crippen LogP contribution in [0.5, 0.6) is 0 Å². The molecule has 2 rings (SSSR count). The van der Waals surface area contributed by atoms with Crippen molar-refractivity contribution in [3.8, 4) is 6.07 Å². The zero-order valence-electron chi connectivity index (χ0n) is 38.7. The Hall–Kier alpha value is -2.99. The number of amides is 5. The predicted molar refractivity (Wildman–Crippen MR) is 240 cm³/mol. The molecular weight excluding hydrogens is 840 g/mol. The van der Waals surface area contributed by atoms with Crippen molar-refractivity contribution in [1.82, 2.24) is 25.8 Å². The van der Waals surface area contributed by atoms with Crippen LogP contribution in [0.1, 0.15) is 97.3 Å². The zero-order valence-corrected chi connectivity index (χ0v) is 41.6. The lowest BCUT2D eigenvalue weighted by molar-refractivity contribution is -0.150. The second kappa shape index (κ2) is 30.2. The fraction of sp³-hybridized carbons (Fsp3) is 0.829. The summed E-state index contributed by atoms with van der Waals surface area (Å²) in [5.41, 5.74) is 0. The van der Waals surface area contributed by atoms with Gasteiger partial charge in [0.15, 0.2) is 25.0 Å². The minimum atomic E-state index is -1.75. The van der Waals surface area contributed by atoms with Crippen molar-refractivity contribution in [3.05, 3.63) is 0 Å². The molecule has 2 saturated heterocycles. The van der Waals surface area contributed by atoms with Crippen molar-refractivity contribution in [2.24, 2.45) is 0 Å². The Bertz CT molecular complexity index is 1410. The van der Waals surface area contributed by atoms with Crippen molar-refractivity contribution < 1.29 is 51.4 Å². The molecule has 2 aliphatic rings. The van der Waals surface area contributed by atoms with Crippen molar-refractivity contribution in [2.45, 2.75) is 161 Å². The van der Waals surface area contributed by atoms with E-state index >= 15 is 0 Å². The van der Waals surface area contributed by atoms with Crippen molar-refractivity contribution >= 4 is 60.5 Å². The molecule has 350 valence electrons. The first-order valence-corrected chi connectivity index (χ1v) is 30.2. The van der Waals surface area contributed by atoms with Crippen LogP contribution in [0.25, 0.3) is 0 Å². The van der Waals surface area contributed by atoms with Gasteiger partial charge < -0.3 is 48.4 Å². The maximum atomic E-state index is 12.9. The number of likely N-dealkylation sites (tertiary alicyclic amines) is 2. The largest absolute Gasteiger partial charge is 0.460 e. The Morgan fingerprint density at radius 2 is 1.18 bits per heavy atom. The number of nitrogens with one attached hydrogen (secondary N) is 3. The molecule has 20 heteroatoms. The molecule has 0 saturated carbocycles. The highest BCUT2D eigenvalue weighted by Gasteiger charge is 2.39. The van der Waals surface area contributed by atoms with E-state index in [9.17, 15) is 28.8 Å². The van der Waals surface area contributed by atoms with Gasteiger partial charge in [-0.2, -0.15) is 5.26 Å². The van der Waals surface area contributed by atoms with Gasteiger partial charge in [-0.1, -0.05) is 12.8 Å². The van der Waals surface area contributed by atoms with Crippen LogP contribution in [0, 0.1) is 11.3 Å². The number of esters is 1. The average Bonchev–Trinajstić information content (AvgIpc) is 3.77. The van der Waals surface area contributed by atoms with Gasteiger partial charge in [0.25, 0.3) is 0 Å². The highest BCUT2D eigenvalue weighted by molar-refractivity contribution is 7.46. The summed E-state index contributed by atoms with van der Waals surface area (Å²) in [6, 6.07) is 1.97. The minimum absolute atomic E-state index is 0.0214. The fourth-order valence-electron chi connectivity index (χ4n) is 6.55. The standard InChI is InChI=1S/C21H39N3O6Si.C20H38N3O5PSi/c1-16(25)23-12-8-6-7-9-20(27)24-14-18(13-17(24)15-29-31(3,4)5)30-21(28)11-10-19(26)22-2;1-17(24)22-12-8-6-7-10-20(25)23-15-19(28-29(2)26-13-9-11-21)14-18(23)16-27-30(3,4)5/h17-18H,6-15H2,1-5H3,(H,22,26)(H,23,25);18-19H,6-10,12-16H2,1-5H3,(H,22,24)/t17-,18+;18-,19+,29?/m00/s1. The van der Waals surface area contributed by atoms with E-state index in [1.54, 1.807) is 4.90 Å². The summed E-state index contributed by atoms with van der Waals surface area (Å²) in [6.07, 6.45) is 7.23. The quantitative estimate of drug-likeness (QED) is 0.0432. The number of nitriles is 1. The third kappa shape index (κ3) is 27.6. The topological polar surface area (TPSA) is 215 Å². The second-order valence-corrected chi connectivity index (χ2v) is 27.9. The Morgan fingerprint density at radius 1 is 0.705 bits per heavy atom. The number of unbranched alkanes of at least 4 members (excludes halogenated alkanes) is 4. The zero-order chi connectivity index (χ0) is 46.0. The molecule has 2 aliphatic heterocycles. The lowest BCUT2D eigenvalue weighted by Gasteiger charge is -2.27. The Balaban J connectivity index is 0.000000610. The van der Waals surface area contributed by atoms with Gasteiger partial charge in [0, 0.05) is 72.9 Å². The lowest BCUT2D eigenvalue weighted by Crippen LogP contribution is -2.41. The van der Waals surface area contributed by atoms with Crippen LogP contribution in [-0.4, -0.2) is 146 Å². The smallest absolute Gasteiger partial charge is 0.306 e. The van der Waals surface area contributed by atoms with Gasteiger partial charge in [0.05, 0.1) is 63.5 Å². The molecule has 61 heavy (non-hydrogen) atoms. The number of nitrogens with zero attached hydrogens (tertiary/aromatic N) is 3. The molecule has 5 atom stereocenters. The van der Waals surface area contributed by atoms with Gasteiger partial charge in [0.2, 0.25) is 29.5 Å². The number of hydrogen-bond acceptors (Lipinski definition) is 12. The van der Waals surface area contributed by atoms with E-state index in [1.807, 2.05) is 11.6 Å². The third-order valence-corrected chi connectivity index (χ3v) is 12.8. The number of ether oxygens (including phenoxy) is 1. The van der Waals surface area contributed by atoms with E-state index < -0.39 is 31.0 Å². The molecule has 5 amide bonds. The first-order chi connectivity index (χ1) is 28.6. The number of hydrogen-bond donors (Lipinski definition) is 3. The molecule has 2 fully saturated rings. The normalized spacial score (nSPS) is 19.3. The van der Waals surface area contributed by atoms with E-state index in [2.05, 4.69) is 61.3 Å². The summed E-state index contributed by atoms with van der Waals surface area (Å²) in [5, 5.41) is 16.6. The molecule has 3 N–H and O–H groups in total. The summed E-state index contributed by atoms with van der Waals surface area (Å²) in [4.78, 5) is 74.6. The summed E-state index contributed by atoms with van der Waals surface area (Å²) in [5.74, 6) is -0.532. The van der Waals surface area contributed by atoms with Gasteiger partial charge >= 0.3 is 5.97 Å². The first kappa shape index (κ1) is 56.0. The summed E-state index contributed by atoms with van der Waals surface area (Å²) >= 11 is 0. The average molecular weight is 917 g/mol. The first-order valence-electron chi connectivity index (χ1n) is 21.8. The molecule has 17 nitrogen and oxygen atoms in total. The molecule has 0 radical (unpaired) electrons. The van der Waals surface area contributed by atoms with Crippen molar-refractivity contribution in [3.63, 3.8) is 0 Å². The number of carbonyl (C=O) groups is 6. The van der Waals surface area contributed by atoms with Crippen LogP contribution in [0.15, 0.2) is 0 Å². The SMILES string of the molecule is CC(=O)NCCCCCC(=O)N1C[C@H](OP(C)OCCC#N)C[C@H]1CO[Si](C)(C)C.CNC(=O)CCC(=O)O[C@@H]1C[C@@H](CO[Si](C)(C)C)N(C(=O)CCCCCNC(C)=O)C1. The van der Waals surface area contributed by atoms with Gasteiger partial charge in [0.1, 0.15) is 6.10 Å². The van der Waals surface area contributed by atoms with Crippen LogP contribution in [0.4, 0.5) is 0 Å². The minimum Gasteiger partial charge on any atom is -0.460 e. The van der Waals surface area contributed by atoms with Gasteiger partial charge in [-0.25, -0.2) is 0 Å². The predicted octanol–water partition coefficient (Wildman–Crippen LogP) is 4.97. The van der Waals surface area contributed by atoms with Crippen LogP contribution < -0.4 is 16.0 Å². The maximum Gasteiger partial charge on any atom is 0.306 e. The maximum absolute atomic E-state index is 12.9. The van der Waals surface area contributed by atoms with E-state index in [-0.39, 0.29) is 66.7 Å². The molecule has 0 bridgehead atoms. The van der Waals surface area contributed by atoms with Crippen LogP contribution >= 0.6 is 8.38 Å². The lowest BCUT2D eigenvalue weighted by atomic mass is 10.1. The Morgan fingerprint density at radius 3 is 1.62 bits per heavy atom. The third-order valence-electron chi connectivity index (χ3n) is 9.61. The Labute approximate surface area is 368 Å². The van der Waals surface area contributed by atoms with Crippen LogP contribution in [0.3, 0.4) is 0 Å². The van der Waals surface area contributed by atoms with E-state index in [0.29, 0.717) is 71.7 Å². The van der Waals surface area contributed by atoms with Crippen LogP contribution in [0.2, 0.25) is 39.3 Å². The molecular formula is C41H77N6O11PSi2. The Kier molecular flexibility index (Phi) is 27.7. The number of rotatable bonds is 27. The summed E-state index contributed by atoms with van der Waals surface area (Å²) < 4.78 is 29.3. The molecule has 0 aromatic rings. The van der Waals surface area contributed by atoms with E-state index in [0.717, 1.165) is 44.9 Å². The van der Waals surface area contributed by atoms with Gasteiger partial charge in [-0.3, -0.25) is 28.8 Å². The van der Waals surface area contributed by atoms with E-state index in [1.165, 1.54) is 20.9 Å². The van der Waals surface area contributed by atoms with Gasteiger partial charge in [-0.05, 0) is 71.4 Å². The summed E-state index contributed by atoms with van der Waals surface area (Å²) in [6.45, 7) is 21.1. The monoisotopic (exact) mass is 916 g/mol. The van der Waals surface area contributed by atoms with E-state index in [4.69, 9.17) is 27.9 Å². The molecule has 0 aromatic carbocycles. The molecule has 1 unspecified atom stereocenters. The second-order valence-electron chi connectivity index (χ2n) is 17.5. The number of carbonyl (C=O) groups excluding carboxylic acids is 6. The van der Waals surface area contributed by atoms with Crippen molar-refractivity contribution in [1.29, 1.82) is 5.26 Å².